The van der Waals surface area contributed by atoms with Crippen molar-refractivity contribution in [2.45, 2.75) is 26.2 Å². The highest BCUT2D eigenvalue weighted by Gasteiger charge is 2.11. The van der Waals surface area contributed by atoms with Crippen LogP contribution in [-0.2, 0) is 0 Å². The van der Waals surface area contributed by atoms with Crippen molar-refractivity contribution in [1.29, 1.82) is 0 Å². The summed E-state index contributed by atoms with van der Waals surface area (Å²) in [6, 6.07) is 4.36. The molecule has 0 unspecified atom stereocenters. The number of H-pyrrole nitrogens is 1. The maximum absolute atomic E-state index is 13.4. The molecule has 0 saturated carbocycles. The van der Waals surface area contributed by atoms with Gasteiger partial charge in [0.25, 0.3) is 5.56 Å². The van der Waals surface area contributed by atoms with Crippen LogP contribution in [0.4, 0.5) is 4.39 Å². The Hall–Kier alpha value is -2.89. The molecule has 0 fully saturated rings. The van der Waals surface area contributed by atoms with Gasteiger partial charge in [-0.1, -0.05) is 11.6 Å². The fraction of sp³-hybridized carbons (Fsp3) is 0.222. The SMILES string of the molecule is CC1=CC/C(=C\Nn2cnc3c([nH]c4ccc(F)cc43)c2=O)CC1. The number of fused-ring (bicyclic) bond motifs is 3. The van der Waals surface area contributed by atoms with Gasteiger partial charge in [-0.2, -0.15) is 0 Å². The van der Waals surface area contributed by atoms with E-state index in [9.17, 15) is 9.18 Å². The largest absolute Gasteiger partial charge is 0.349 e. The molecule has 6 heteroatoms. The fourth-order valence-electron chi connectivity index (χ4n) is 2.98. The number of allylic oxidation sites excluding steroid dienone is 3. The van der Waals surface area contributed by atoms with Gasteiger partial charge in [-0.25, -0.2) is 14.1 Å². The Morgan fingerprint density at radius 2 is 2.25 bits per heavy atom. The van der Waals surface area contributed by atoms with E-state index in [0.29, 0.717) is 21.9 Å². The van der Waals surface area contributed by atoms with Crippen LogP contribution in [0, 0.1) is 5.82 Å². The van der Waals surface area contributed by atoms with Gasteiger partial charge < -0.3 is 4.98 Å². The molecule has 1 aliphatic carbocycles. The van der Waals surface area contributed by atoms with Crippen molar-refractivity contribution in [3.05, 3.63) is 64.1 Å². The number of nitrogens with one attached hydrogen (secondary N) is 2. The first kappa shape index (κ1) is 14.7. The highest BCUT2D eigenvalue weighted by molar-refractivity contribution is 6.04. The molecule has 5 nitrogen and oxygen atoms in total. The minimum Gasteiger partial charge on any atom is -0.349 e. The Morgan fingerprint density at radius 1 is 1.38 bits per heavy atom. The van der Waals surface area contributed by atoms with E-state index in [1.807, 2.05) is 6.20 Å². The van der Waals surface area contributed by atoms with Gasteiger partial charge in [-0.3, -0.25) is 10.2 Å². The third-order valence-corrected chi connectivity index (χ3v) is 4.43. The minimum absolute atomic E-state index is 0.240. The van der Waals surface area contributed by atoms with Crippen LogP contribution in [0.1, 0.15) is 26.2 Å². The van der Waals surface area contributed by atoms with Gasteiger partial charge in [0, 0.05) is 17.1 Å². The van der Waals surface area contributed by atoms with Crippen LogP contribution >= 0.6 is 0 Å². The molecule has 0 radical (unpaired) electrons. The Balaban J connectivity index is 1.72. The van der Waals surface area contributed by atoms with Gasteiger partial charge in [0.2, 0.25) is 0 Å². The van der Waals surface area contributed by atoms with Crippen LogP contribution < -0.4 is 11.0 Å². The van der Waals surface area contributed by atoms with E-state index in [1.165, 1.54) is 34.3 Å². The van der Waals surface area contributed by atoms with Crippen molar-refractivity contribution in [3.63, 3.8) is 0 Å². The van der Waals surface area contributed by atoms with Crippen LogP contribution in [0.2, 0.25) is 0 Å². The molecule has 0 atom stereocenters. The smallest absolute Gasteiger partial charge is 0.296 e. The molecule has 122 valence electrons. The van der Waals surface area contributed by atoms with Crippen molar-refractivity contribution in [1.82, 2.24) is 14.6 Å². The quantitative estimate of drug-likeness (QED) is 0.708. The van der Waals surface area contributed by atoms with E-state index in [4.69, 9.17) is 0 Å². The molecule has 0 spiro atoms. The molecule has 4 rings (SSSR count). The number of rotatable bonds is 2. The summed E-state index contributed by atoms with van der Waals surface area (Å²) < 4.78 is 14.8. The van der Waals surface area contributed by atoms with Crippen LogP contribution in [-0.4, -0.2) is 14.6 Å². The van der Waals surface area contributed by atoms with Gasteiger partial charge in [0.05, 0.1) is 0 Å². The van der Waals surface area contributed by atoms with Gasteiger partial charge in [-0.05, 0) is 50.0 Å². The summed E-state index contributed by atoms with van der Waals surface area (Å²) in [6.45, 7) is 2.13. The predicted octanol–water partition coefficient (Wildman–Crippen LogP) is 3.57. The van der Waals surface area contributed by atoms with Crippen molar-refractivity contribution in [3.8, 4) is 0 Å². The van der Waals surface area contributed by atoms with Crippen LogP contribution in [0.25, 0.3) is 21.9 Å². The second-order valence-corrected chi connectivity index (χ2v) is 6.14. The summed E-state index contributed by atoms with van der Waals surface area (Å²) in [7, 11) is 0. The van der Waals surface area contributed by atoms with E-state index >= 15 is 0 Å². The molecule has 0 aliphatic heterocycles. The first-order valence-corrected chi connectivity index (χ1v) is 7.90. The topological polar surface area (TPSA) is 62.7 Å². The summed E-state index contributed by atoms with van der Waals surface area (Å²) in [5, 5.41) is 0.612. The zero-order chi connectivity index (χ0) is 16.7. The summed E-state index contributed by atoms with van der Waals surface area (Å²) >= 11 is 0. The maximum atomic E-state index is 13.4. The molecule has 2 aromatic heterocycles. The second-order valence-electron chi connectivity index (χ2n) is 6.14. The number of benzene rings is 1. The highest BCUT2D eigenvalue weighted by Crippen LogP contribution is 2.23. The highest BCUT2D eigenvalue weighted by atomic mass is 19.1. The molecular weight excluding hydrogens is 307 g/mol. The van der Waals surface area contributed by atoms with Gasteiger partial charge in [-0.15, -0.1) is 0 Å². The standard InChI is InChI=1S/C18H17FN4O/c1-11-2-4-12(5-3-11)9-21-23-10-20-16-14-8-13(19)6-7-15(14)22-17(16)18(23)24/h2,6-10,21-22H,3-5H2,1H3/b12-9+. The summed E-state index contributed by atoms with van der Waals surface area (Å²) in [4.78, 5) is 19.9. The van der Waals surface area contributed by atoms with E-state index in [2.05, 4.69) is 28.4 Å². The summed E-state index contributed by atoms with van der Waals surface area (Å²) in [5.41, 5.74) is 6.95. The Morgan fingerprint density at radius 3 is 3.04 bits per heavy atom. The molecule has 3 aromatic rings. The lowest BCUT2D eigenvalue weighted by atomic mass is 9.97. The van der Waals surface area contributed by atoms with E-state index < -0.39 is 0 Å². The lowest BCUT2D eigenvalue weighted by Crippen LogP contribution is -2.26. The Kier molecular flexibility index (Phi) is 3.45. The lowest BCUT2D eigenvalue weighted by molar-refractivity contribution is 0.630. The number of aromatic amines is 1. The zero-order valence-corrected chi connectivity index (χ0v) is 13.3. The number of nitrogens with zero attached hydrogens (tertiary/aromatic N) is 2. The predicted molar refractivity (Wildman–Crippen MR) is 92.9 cm³/mol. The van der Waals surface area contributed by atoms with Crippen LogP contribution in [0.5, 0.6) is 0 Å². The molecular formula is C18H17FN4O. The van der Waals surface area contributed by atoms with E-state index in [1.54, 1.807) is 6.07 Å². The van der Waals surface area contributed by atoms with Gasteiger partial charge in [0.1, 0.15) is 23.2 Å². The van der Waals surface area contributed by atoms with Crippen LogP contribution in [0.3, 0.4) is 0 Å². The van der Waals surface area contributed by atoms with Gasteiger partial charge >= 0.3 is 0 Å². The van der Waals surface area contributed by atoms with Crippen molar-refractivity contribution in [2.24, 2.45) is 0 Å². The molecule has 2 heterocycles. The van der Waals surface area contributed by atoms with Gasteiger partial charge in [0.15, 0.2) is 0 Å². The van der Waals surface area contributed by atoms with Crippen molar-refractivity contribution >= 4 is 21.9 Å². The Labute approximate surface area is 137 Å². The molecule has 1 aliphatic rings. The third-order valence-electron chi connectivity index (χ3n) is 4.43. The lowest BCUT2D eigenvalue weighted by Gasteiger charge is -2.13. The maximum Gasteiger partial charge on any atom is 0.296 e. The minimum atomic E-state index is -0.349. The molecule has 24 heavy (non-hydrogen) atoms. The number of aromatic nitrogens is 3. The monoisotopic (exact) mass is 324 g/mol. The Bertz CT molecular complexity index is 1060. The number of hydrogen-bond acceptors (Lipinski definition) is 3. The molecule has 0 bridgehead atoms. The molecule has 1 aromatic carbocycles. The van der Waals surface area contributed by atoms with Crippen LogP contribution in [0.15, 0.2) is 52.7 Å². The third kappa shape index (κ3) is 2.50. The van der Waals surface area contributed by atoms with E-state index in [0.717, 1.165) is 19.3 Å². The number of halogens is 1. The number of hydrogen-bond donors (Lipinski definition) is 2. The first-order chi connectivity index (χ1) is 11.6. The molecule has 2 N–H and O–H groups in total. The summed E-state index contributed by atoms with van der Waals surface area (Å²) in [6.07, 6.45) is 8.44. The second kappa shape index (κ2) is 5.63. The normalized spacial score (nSPS) is 16.8. The average Bonchev–Trinajstić information content (AvgIpc) is 2.95. The van der Waals surface area contributed by atoms with E-state index in [-0.39, 0.29) is 11.4 Å². The molecule has 0 amide bonds. The fourth-order valence-corrected chi connectivity index (χ4v) is 2.98. The molecule has 0 saturated heterocycles. The summed E-state index contributed by atoms with van der Waals surface area (Å²) in [5.74, 6) is -0.349. The zero-order valence-electron chi connectivity index (χ0n) is 13.3. The van der Waals surface area contributed by atoms with Crippen molar-refractivity contribution in [2.75, 3.05) is 5.43 Å². The average molecular weight is 324 g/mol. The van der Waals surface area contributed by atoms with Crippen molar-refractivity contribution < 1.29 is 4.39 Å². The first-order valence-electron chi connectivity index (χ1n) is 7.90.